The van der Waals surface area contributed by atoms with Gasteiger partial charge in [0.2, 0.25) is 5.95 Å². The molecule has 1 N–H and O–H groups in total. The molecule has 0 saturated heterocycles. The summed E-state index contributed by atoms with van der Waals surface area (Å²) in [5.41, 5.74) is 10.9. The minimum absolute atomic E-state index is 0.676. The quantitative estimate of drug-likeness (QED) is 0.532. The van der Waals surface area contributed by atoms with Crippen LogP contribution in [0.4, 0.5) is 5.95 Å². The van der Waals surface area contributed by atoms with Gasteiger partial charge in [-0.05, 0) is 12.5 Å². The molecule has 4 aromatic rings. The van der Waals surface area contributed by atoms with E-state index in [9.17, 15) is 0 Å². The Bertz CT molecular complexity index is 1140. The predicted octanol–water partition coefficient (Wildman–Crippen LogP) is 5.36. The van der Waals surface area contributed by atoms with Crippen molar-refractivity contribution in [1.82, 2.24) is 9.55 Å². The lowest BCUT2D eigenvalue weighted by atomic mass is 10.0. The maximum absolute atomic E-state index is 4.88. The van der Waals surface area contributed by atoms with Crippen LogP contribution in [-0.2, 0) is 6.54 Å². The van der Waals surface area contributed by atoms with E-state index in [0.29, 0.717) is 6.54 Å². The van der Waals surface area contributed by atoms with Crippen molar-refractivity contribution in [2.24, 2.45) is 5.10 Å². The lowest BCUT2D eigenvalue weighted by Gasteiger charge is -2.18. The van der Waals surface area contributed by atoms with Crippen molar-refractivity contribution >= 4 is 11.7 Å². The zero-order chi connectivity index (χ0) is 18.9. The largest absolute Gasteiger partial charge is 0.302 e. The van der Waals surface area contributed by atoms with E-state index in [-0.39, 0.29) is 0 Å². The summed E-state index contributed by atoms with van der Waals surface area (Å²) in [5.74, 6) is 0.772. The smallest absolute Gasteiger partial charge is 0.225 e. The van der Waals surface area contributed by atoms with Crippen LogP contribution in [0.2, 0.25) is 0 Å². The summed E-state index contributed by atoms with van der Waals surface area (Å²) in [6.45, 7) is 2.77. The second kappa shape index (κ2) is 6.82. The van der Waals surface area contributed by atoms with Gasteiger partial charge in [0.25, 0.3) is 0 Å². The average Bonchev–Trinajstić information content (AvgIpc) is 3.14. The van der Waals surface area contributed by atoms with Gasteiger partial charge in [0.05, 0.1) is 23.6 Å². The van der Waals surface area contributed by atoms with Crippen molar-refractivity contribution in [3.05, 3.63) is 96.1 Å². The van der Waals surface area contributed by atoms with Crippen molar-refractivity contribution < 1.29 is 0 Å². The van der Waals surface area contributed by atoms with Crippen molar-refractivity contribution in [1.29, 1.82) is 0 Å². The fourth-order valence-electron chi connectivity index (χ4n) is 3.58. The Morgan fingerprint density at radius 3 is 2.07 bits per heavy atom. The number of aromatic nitrogens is 2. The summed E-state index contributed by atoms with van der Waals surface area (Å²) >= 11 is 0. The number of nitrogens with one attached hydrogen (secondary N) is 1. The van der Waals surface area contributed by atoms with Crippen molar-refractivity contribution in [3.8, 4) is 22.5 Å². The monoisotopic (exact) mass is 364 g/mol. The number of hydrazone groups is 1. The molecule has 0 unspecified atom stereocenters. The molecule has 1 aliphatic rings. The van der Waals surface area contributed by atoms with Gasteiger partial charge in [-0.2, -0.15) is 5.10 Å². The SMILES string of the molecule is Cc1ccc(C2=NNc3nc(-c4ccccc4)c(-c4ccccc4)n3C2)cc1. The van der Waals surface area contributed by atoms with Crippen LogP contribution < -0.4 is 5.43 Å². The molecule has 0 spiro atoms. The number of rotatable bonds is 3. The highest BCUT2D eigenvalue weighted by molar-refractivity contribution is 6.02. The van der Waals surface area contributed by atoms with Gasteiger partial charge in [0.1, 0.15) is 0 Å². The van der Waals surface area contributed by atoms with Crippen LogP contribution in [0.1, 0.15) is 11.1 Å². The van der Waals surface area contributed by atoms with E-state index in [1.807, 2.05) is 24.3 Å². The van der Waals surface area contributed by atoms with Crippen LogP contribution in [0.25, 0.3) is 22.5 Å². The molecule has 3 aromatic carbocycles. The number of anilines is 1. The summed E-state index contributed by atoms with van der Waals surface area (Å²) in [6, 6.07) is 29.2. The van der Waals surface area contributed by atoms with Gasteiger partial charge in [-0.3, -0.25) is 0 Å². The summed E-state index contributed by atoms with van der Waals surface area (Å²) in [6.07, 6.45) is 0. The van der Waals surface area contributed by atoms with E-state index < -0.39 is 0 Å². The van der Waals surface area contributed by atoms with Crippen LogP contribution in [0.5, 0.6) is 0 Å². The third-order valence-corrected chi connectivity index (χ3v) is 5.05. The Morgan fingerprint density at radius 2 is 1.39 bits per heavy atom. The van der Waals surface area contributed by atoms with Crippen LogP contribution in [0.3, 0.4) is 0 Å². The van der Waals surface area contributed by atoms with Crippen LogP contribution >= 0.6 is 0 Å². The number of imidazole rings is 1. The summed E-state index contributed by atoms with van der Waals surface area (Å²) < 4.78 is 2.22. The molecule has 0 aliphatic carbocycles. The molecule has 0 bridgehead atoms. The molecule has 0 saturated carbocycles. The number of hydrogen-bond acceptors (Lipinski definition) is 3. The lowest BCUT2D eigenvalue weighted by Crippen LogP contribution is -2.21. The van der Waals surface area contributed by atoms with Gasteiger partial charge in [-0.25, -0.2) is 10.4 Å². The van der Waals surface area contributed by atoms with Gasteiger partial charge in [-0.15, -0.1) is 0 Å². The number of hydrogen-bond donors (Lipinski definition) is 1. The molecular weight excluding hydrogens is 344 g/mol. The Hall–Kier alpha value is -3.66. The van der Waals surface area contributed by atoms with Crippen LogP contribution in [-0.4, -0.2) is 15.3 Å². The number of aryl methyl sites for hydroxylation is 1. The van der Waals surface area contributed by atoms with Gasteiger partial charge < -0.3 is 4.57 Å². The molecule has 0 atom stereocenters. The summed E-state index contributed by atoms with van der Waals surface area (Å²) in [5, 5.41) is 4.60. The van der Waals surface area contributed by atoms with Crippen molar-refractivity contribution in [3.63, 3.8) is 0 Å². The fourth-order valence-corrected chi connectivity index (χ4v) is 3.58. The lowest BCUT2D eigenvalue weighted by molar-refractivity contribution is 0.833. The van der Waals surface area contributed by atoms with Gasteiger partial charge in [0.15, 0.2) is 0 Å². The number of benzene rings is 3. The Morgan fingerprint density at radius 1 is 0.750 bits per heavy atom. The minimum Gasteiger partial charge on any atom is -0.302 e. The average molecular weight is 364 g/mol. The molecule has 0 fully saturated rings. The van der Waals surface area contributed by atoms with Gasteiger partial charge >= 0.3 is 0 Å². The maximum Gasteiger partial charge on any atom is 0.225 e. The minimum atomic E-state index is 0.676. The van der Waals surface area contributed by atoms with Crippen LogP contribution in [0.15, 0.2) is 90.0 Å². The van der Waals surface area contributed by atoms with E-state index in [0.717, 1.165) is 39.7 Å². The predicted molar refractivity (Wildman–Crippen MR) is 114 cm³/mol. The Kier molecular flexibility index (Phi) is 4.02. The van der Waals surface area contributed by atoms with E-state index in [1.54, 1.807) is 0 Å². The third-order valence-electron chi connectivity index (χ3n) is 5.05. The fraction of sp³-hybridized carbons (Fsp3) is 0.0833. The highest BCUT2D eigenvalue weighted by Gasteiger charge is 2.24. The first-order valence-electron chi connectivity index (χ1n) is 9.40. The molecule has 4 heteroatoms. The summed E-state index contributed by atoms with van der Waals surface area (Å²) in [4.78, 5) is 4.88. The van der Waals surface area contributed by atoms with Gasteiger partial charge in [0, 0.05) is 11.1 Å². The molecule has 28 heavy (non-hydrogen) atoms. The highest BCUT2D eigenvalue weighted by Crippen LogP contribution is 2.35. The first-order chi connectivity index (χ1) is 13.8. The molecule has 5 rings (SSSR count). The Labute approximate surface area is 164 Å². The molecule has 136 valence electrons. The molecule has 1 aliphatic heterocycles. The van der Waals surface area contributed by atoms with E-state index in [4.69, 9.17) is 4.98 Å². The molecule has 2 heterocycles. The molecule has 4 nitrogen and oxygen atoms in total. The zero-order valence-electron chi connectivity index (χ0n) is 15.6. The normalized spacial score (nSPS) is 12.8. The second-order valence-corrected chi connectivity index (χ2v) is 6.99. The first kappa shape index (κ1) is 16.5. The topological polar surface area (TPSA) is 42.2 Å². The highest BCUT2D eigenvalue weighted by atomic mass is 15.4. The third kappa shape index (κ3) is 2.89. The van der Waals surface area contributed by atoms with E-state index in [1.165, 1.54) is 5.56 Å². The number of fused-ring (bicyclic) bond motifs is 1. The van der Waals surface area contributed by atoms with E-state index >= 15 is 0 Å². The van der Waals surface area contributed by atoms with E-state index in [2.05, 4.69) is 82.7 Å². The zero-order valence-corrected chi connectivity index (χ0v) is 15.6. The summed E-state index contributed by atoms with van der Waals surface area (Å²) in [7, 11) is 0. The van der Waals surface area contributed by atoms with Crippen molar-refractivity contribution in [2.75, 3.05) is 5.43 Å². The maximum atomic E-state index is 4.88. The molecule has 0 amide bonds. The standard InChI is InChI=1S/C24H20N4/c1-17-12-14-18(15-13-17)21-16-28-23(20-10-6-3-7-11-20)22(25-24(28)27-26-21)19-8-4-2-5-9-19/h2-15H,16H2,1H3,(H,25,27). The molecule has 0 radical (unpaired) electrons. The molecule has 1 aromatic heterocycles. The Balaban J connectivity index is 1.64. The van der Waals surface area contributed by atoms with Gasteiger partial charge in [-0.1, -0.05) is 90.5 Å². The molecular formula is C24H20N4. The number of nitrogens with zero attached hydrogens (tertiary/aromatic N) is 3. The first-order valence-corrected chi connectivity index (χ1v) is 9.40. The van der Waals surface area contributed by atoms with Crippen molar-refractivity contribution in [2.45, 2.75) is 13.5 Å². The van der Waals surface area contributed by atoms with Crippen LogP contribution in [0, 0.1) is 6.92 Å². The second-order valence-electron chi connectivity index (χ2n) is 6.99.